The molecule has 1 fully saturated rings. The van der Waals surface area contributed by atoms with Crippen molar-refractivity contribution in [3.8, 4) is 5.75 Å². The lowest BCUT2D eigenvalue weighted by Gasteiger charge is -2.25. The van der Waals surface area contributed by atoms with Gasteiger partial charge in [-0.3, -0.25) is 20.0 Å². The quantitative estimate of drug-likeness (QED) is 0.538. The van der Waals surface area contributed by atoms with Gasteiger partial charge in [-0.15, -0.1) is 0 Å². The van der Waals surface area contributed by atoms with Crippen LogP contribution in [0.1, 0.15) is 17.3 Å². The summed E-state index contributed by atoms with van der Waals surface area (Å²) in [6, 6.07) is 12.9. The first-order chi connectivity index (χ1) is 14.6. The van der Waals surface area contributed by atoms with E-state index in [0.29, 0.717) is 43.4 Å². The van der Waals surface area contributed by atoms with Gasteiger partial charge >= 0.3 is 0 Å². The molecular formula is C22H27FN4O3. The SMILES string of the molecule is CCOc1ccc(C(=O)NC(=NCCN2CCOCC2)Nc2cccc(F)c2)cc1. The number of hydrogen-bond donors (Lipinski definition) is 2. The number of carbonyl (C=O) groups excluding carboxylic acids is 1. The number of hydrogen-bond acceptors (Lipinski definition) is 5. The molecule has 2 N–H and O–H groups in total. The standard InChI is InChI=1S/C22H27FN4O3/c1-2-30-20-8-6-17(7-9-20)21(28)26-22(25-19-5-3-4-18(23)16-19)24-10-11-27-12-14-29-15-13-27/h3-9,16H,2,10-15H2,1H3,(H2,24,25,26,28). The third-order valence-electron chi connectivity index (χ3n) is 4.54. The number of aliphatic imine (C=N–C) groups is 1. The molecule has 0 spiro atoms. The molecule has 1 amide bonds. The third-order valence-corrected chi connectivity index (χ3v) is 4.54. The van der Waals surface area contributed by atoms with Gasteiger partial charge in [0.1, 0.15) is 11.6 Å². The lowest BCUT2D eigenvalue weighted by molar-refractivity contribution is 0.0394. The zero-order valence-electron chi connectivity index (χ0n) is 17.1. The van der Waals surface area contributed by atoms with Crippen molar-refractivity contribution in [1.82, 2.24) is 10.2 Å². The molecular weight excluding hydrogens is 387 g/mol. The molecule has 0 aromatic heterocycles. The Morgan fingerprint density at radius 2 is 1.97 bits per heavy atom. The molecule has 160 valence electrons. The Bertz CT molecular complexity index is 852. The molecule has 1 aliphatic heterocycles. The number of anilines is 1. The highest BCUT2D eigenvalue weighted by Crippen LogP contribution is 2.12. The fourth-order valence-electron chi connectivity index (χ4n) is 2.99. The van der Waals surface area contributed by atoms with Crippen molar-refractivity contribution in [2.75, 3.05) is 51.3 Å². The first kappa shape index (κ1) is 21.7. The summed E-state index contributed by atoms with van der Waals surface area (Å²) in [5, 5.41) is 5.78. The van der Waals surface area contributed by atoms with Crippen LogP contribution in [0.15, 0.2) is 53.5 Å². The first-order valence-electron chi connectivity index (χ1n) is 10.1. The summed E-state index contributed by atoms with van der Waals surface area (Å²) in [4.78, 5) is 19.4. The first-order valence-corrected chi connectivity index (χ1v) is 10.1. The van der Waals surface area contributed by atoms with Crippen molar-refractivity contribution >= 4 is 17.6 Å². The minimum absolute atomic E-state index is 0.271. The second-order valence-corrected chi connectivity index (χ2v) is 6.73. The Hall–Kier alpha value is -2.97. The predicted molar refractivity (Wildman–Crippen MR) is 115 cm³/mol. The Morgan fingerprint density at radius 3 is 2.67 bits per heavy atom. The fraction of sp³-hybridized carbons (Fsp3) is 0.364. The molecule has 2 aromatic carbocycles. The third kappa shape index (κ3) is 6.82. The van der Waals surface area contributed by atoms with Crippen molar-refractivity contribution in [3.63, 3.8) is 0 Å². The summed E-state index contributed by atoms with van der Waals surface area (Å²) in [6.07, 6.45) is 0. The van der Waals surface area contributed by atoms with Gasteiger partial charge in [0.25, 0.3) is 5.91 Å². The monoisotopic (exact) mass is 414 g/mol. The van der Waals surface area contributed by atoms with Crippen LogP contribution in [0, 0.1) is 5.82 Å². The summed E-state index contributed by atoms with van der Waals surface area (Å²) < 4.78 is 24.3. The van der Waals surface area contributed by atoms with Crippen LogP contribution in [0.25, 0.3) is 0 Å². The fourth-order valence-corrected chi connectivity index (χ4v) is 2.99. The molecule has 30 heavy (non-hydrogen) atoms. The molecule has 0 radical (unpaired) electrons. The smallest absolute Gasteiger partial charge is 0.257 e. The number of guanidine groups is 1. The molecule has 1 aliphatic rings. The number of ether oxygens (including phenoxy) is 2. The maximum atomic E-state index is 13.5. The lowest BCUT2D eigenvalue weighted by Crippen LogP contribution is -2.39. The van der Waals surface area contributed by atoms with Gasteiger partial charge in [0.15, 0.2) is 0 Å². The van der Waals surface area contributed by atoms with Crippen LogP contribution in [0.4, 0.5) is 10.1 Å². The van der Waals surface area contributed by atoms with Crippen LogP contribution >= 0.6 is 0 Å². The Labute approximate surface area is 175 Å². The highest BCUT2D eigenvalue weighted by molar-refractivity contribution is 6.10. The number of morpholine rings is 1. The summed E-state index contributed by atoms with van der Waals surface area (Å²) in [7, 11) is 0. The minimum Gasteiger partial charge on any atom is -0.494 e. The Morgan fingerprint density at radius 1 is 1.20 bits per heavy atom. The Balaban J connectivity index is 1.67. The van der Waals surface area contributed by atoms with E-state index in [1.165, 1.54) is 12.1 Å². The molecule has 0 unspecified atom stereocenters. The van der Waals surface area contributed by atoms with Gasteiger partial charge in [0.2, 0.25) is 5.96 Å². The highest BCUT2D eigenvalue weighted by Gasteiger charge is 2.12. The van der Waals surface area contributed by atoms with E-state index in [1.54, 1.807) is 36.4 Å². The molecule has 8 heteroatoms. The van der Waals surface area contributed by atoms with E-state index in [4.69, 9.17) is 9.47 Å². The van der Waals surface area contributed by atoms with Crippen molar-refractivity contribution in [1.29, 1.82) is 0 Å². The zero-order chi connectivity index (χ0) is 21.2. The number of rotatable bonds is 7. The molecule has 1 saturated heterocycles. The molecule has 0 bridgehead atoms. The molecule has 0 atom stereocenters. The maximum Gasteiger partial charge on any atom is 0.257 e. The van der Waals surface area contributed by atoms with Crippen molar-refractivity contribution in [3.05, 3.63) is 59.9 Å². The van der Waals surface area contributed by atoms with E-state index < -0.39 is 0 Å². The van der Waals surface area contributed by atoms with Gasteiger partial charge in [0, 0.05) is 30.9 Å². The highest BCUT2D eigenvalue weighted by atomic mass is 19.1. The van der Waals surface area contributed by atoms with Crippen LogP contribution in [0.5, 0.6) is 5.75 Å². The van der Waals surface area contributed by atoms with Crippen molar-refractivity contribution < 1.29 is 18.7 Å². The van der Waals surface area contributed by atoms with E-state index in [9.17, 15) is 9.18 Å². The van der Waals surface area contributed by atoms with Crippen molar-refractivity contribution in [2.24, 2.45) is 4.99 Å². The predicted octanol–water partition coefficient (Wildman–Crippen LogP) is 2.75. The van der Waals surface area contributed by atoms with E-state index in [2.05, 4.69) is 20.5 Å². The topological polar surface area (TPSA) is 75.2 Å². The second kappa shape index (κ2) is 11.3. The van der Waals surface area contributed by atoms with Crippen LogP contribution in [-0.4, -0.2) is 62.8 Å². The van der Waals surface area contributed by atoms with Crippen LogP contribution < -0.4 is 15.4 Å². The van der Waals surface area contributed by atoms with Gasteiger partial charge in [-0.05, 0) is 49.4 Å². The lowest BCUT2D eigenvalue weighted by atomic mass is 10.2. The van der Waals surface area contributed by atoms with Crippen LogP contribution in [0.3, 0.4) is 0 Å². The average Bonchev–Trinajstić information content (AvgIpc) is 2.75. The van der Waals surface area contributed by atoms with Gasteiger partial charge < -0.3 is 14.8 Å². The number of halogens is 1. The normalized spacial score (nSPS) is 14.9. The average molecular weight is 414 g/mol. The van der Waals surface area contributed by atoms with E-state index in [1.807, 2.05) is 6.92 Å². The van der Waals surface area contributed by atoms with E-state index >= 15 is 0 Å². The number of nitrogens with zero attached hydrogens (tertiary/aromatic N) is 2. The Kier molecular flexibility index (Phi) is 8.17. The number of carbonyl (C=O) groups is 1. The number of nitrogens with one attached hydrogen (secondary N) is 2. The summed E-state index contributed by atoms with van der Waals surface area (Å²) in [5.74, 6) is 0.289. The largest absolute Gasteiger partial charge is 0.494 e. The molecule has 7 nitrogen and oxygen atoms in total. The van der Waals surface area contributed by atoms with Gasteiger partial charge in [-0.1, -0.05) is 6.07 Å². The zero-order valence-corrected chi connectivity index (χ0v) is 17.1. The number of amides is 1. The molecule has 0 saturated carbocycles. The number of benzene rings is 2. The van der Waals surface area contributed by atoms with Crippen LogP contribution in [-0.2, 0) is 4.74 Å². The van der Waals surface area contributed by atoms with Gasteiger partial charge in [0.05, 0.1) is 26.4 Å². The van der Waals surface area contributed by atoms with E-state index in [0.717, 1.165) is 19.6 Å². The maximum absolute atomic E-state index is 13.5. The minimum atomic E-state index is -0.370. The summed E-state index contributed by atoms with van der Waals surface area (Å²) >= 11 is 0. The van der Waals surface area contributed by atoms with Crippen molar-refractivity contribution in [2.45, 2.75) is 6.92 Å². The van der Waals surface area contributed by atoms with Crippen LogP contribution in [0.2, 0.25) is 0 Å². The molecule has 2 aromatic rings. The molecule has 1 heterocycles. The van der Waals surface area contributed by atoms with Gasteiger partial charge in [-0.25, -0.2) is 4.39 Å². The van der Waals surface area contributed by atoms with Gasteiger partial charge in [-0.2, -0.15) is 0 Å². The molecule has 3 rings (SSSR count). The second-order valence-electron chi connectivity index (χ2n) is 6.73. The van der Waals surface area contributed by atoms with E-state index in [-0.39, 0.29) is 17.7 Å². The molecule has 0 aliphatic carbocycles. The summed E-state index contributed by atoms with van der Waals surface area (Å²) in [5.41, 5.74) is 0.979. The summed E-state index contributed by atoms with van der Waals surface area (Å²) in [6.45, 7) is 6.85.